The highest BCUT2D eigenvalue weighted by Crippen LogP contribution is 2.62. The van der Waals surface area contributed by atoms with Gasteiger partial charge in [-0.3, -0.25) is 19.2 Å². The number of fused-ring (bicyclic) bond motifs is 4. The molecule has 6 unspecified atom stereocenters. The average molecular weight is 682 g/mol. The monoisotopic (exact) mass is 681 g/mol. The number of benzene rings is 3. The van der Waals surface area contributed by atoms with Gasteiger partial charge in [0.1, 0.15) is 0 Å². The summed E-state index contributed by atoms with van der Waals surface area (Å²) in [5, 5.41) is 10.9. The van der Waals surface area contributed by atoms with Gasteiger partial charge < -0.3 is 20.3 Å². The van der Waals surface area contributed by atoms with Crippen molar-refractivity contribution in [3.05, 3.63) is 101 Å². The van der Waals surface area contributed by atoms with Crippen molar-refractivity contribution in [3.63, 3.8) is 0 Å². The molecule has 2 aliphatic heterocycles. The van der Waals surface area contributed by atoms with Crippen LogP contribution in [0.5, 0.6) is 17.2 Å². The second-order valence-electron chi connectivity index (χ2n) is 12.6. The molecular formula is C37H32ClN3O8. The van der Waals surface area contributed by atoms with Crippen LogP contribution in [-0.4, -0.2) is 53.9 Å². The smallest absolute Gasteiger partial charge is 0.328 e. The molecule has 6 atom stereocenters. The predicted octanol–water partition coefficient (Wildman–Crippen LogP) is 4.85. The van der Waals surface area contributed by atoms with Gasteiger partial charge >= 0.3 is 6.03 Å². The third kappa shape index (κ3) is 4.67. The lowest BCUT2D eigenvalue weighted by molar-refractivity contribution is -0.136. The number of hydrogen-bond donors (Lipinski definition) is 2. The highest BCUT2D eigenvalue weighted by Gasteiger charge is 2.69. The first-order valence-electron chi connectivity index (χ1n) is 15.7. The normalized spacial score (nSPS) is 27.6. The van der Waals surface area contributed by atoms with E-state index in [-0.39, 0.29) is 30.1 Å². The van der Waals surface area contributed by atoms with Gasteiger partial charge in [-0.15, -0.1) is 0 Å². The van der Waals surface area contributed by atoms with Crippen LogP contribution in [0.3, 0.4) is 0 Å². The summed E-state index contributed by atoms with van der Waals surface area (Å²) in [6, 6.07) is 17.6. The Morgan fingerprint density at radius 2 is 1.63 bits per heavy atom. The molecule has 0 bridgehead atoms. The lowest BCUT2D eigenvalue weighted by atomic mass is 9.50. The van der Waals surface area contributed by atoms with E-state index in [0.717, 1.165) is 0 Å². The molecule has 7 rings (SSSR count). The number of hydrogen-bond acceptors (Lipinski definition) is 8. The van der Waals surface area contributed by atoms with Crippen molar-refractivity contribution in [2.24, 2.45) is 35.3 Å². The number of nitrogens with zero attached hydrogens (tertiary/aromatic N) is 2. The first-order chi connectivity index (χ1) is 23.5. The van der Waals surface area contributed by atoms with E-state index in [1.165, 1.54) is 19.1 Å². The number of urea groups is 1. The zero-order valence-corrected chi connectivity index (χ0v) is 27.3. The second-order valence-corrected chi connectivity index (χ2v) is 13.1. The number of allylic oxidation sites excluding steroid dienone is 3. The van der Waals surface area contributed by atoms with Crippen molar-refractivity contribution in [2.45, 2.75) is 18.3 Å². The van der Waals surface area contributed by atoms with E-state index in [0.29, 0.717) is 32.3 Å². The first kappa shape index (κ1) is 32.1. The summed E-state index contributed by atoms with van der Waals surface area (Å²) in [6.45, 7) is 0. The van der Waals surface area contributed by atoms with Crippen molar-refractivity contribution >= 4 is 53.0 Å². The summed E-state index contributed by atoms with van der Waals surface area (Å²) < 4.78 is 10.7. The van der Waals surface area contributed by atoms with Crippen LogP contribution in [0.4, 0.5) is 10.5 Å². The minimum absolute atomic E-state index is 0.0698. The number of likely N-dealkylation sites (tertiary alicyclic amines) is 1. The van der Waals surface area contributed by atoms with Gasteiger partial charge in [0, 0.05) is 10.9 Å². The molecule has 2 aliphatic carbocycles. The lowest BCUT2D eigenvalue weighted by Gasteiger charge is -2.49. The zero-order chi connectivity index (χ0) is 34.8. The van der Waals surface area contributed by atoms with E-state index in [4.69, 9.17) is 26.8 Å². The Morgan fingerprint density at radius 1 is 0.939 bits per heavy atom. The molecule has 2 saturated heterocycles. The fourth-order valence-corrected chi connectivity index (χ4v) is 8.61. The summed E-state index contributed by atoms with van der Waals surface area (Å²) in [4.78, 5) is 70.8. The fraction of sp³-hybridized carbons (Fsp3) is 0.270. The number of imide groups is 4. The maximum Gasteiger partial charge on any atom is 0.328 e. The van der Waals surface area contributed by atoms with Crippen LogP contribution in [-0.2, 0) is 24.6 Å². The highest BCUT2D eigenvalue weighted by molar-refractivity contribution is 6.32. The van der Waals surface area contributed by atoms with Crippen molar-refractivity contribution in [1.82, 2.24) is 4.90 Å². The number of methoxy groups -OCH3 is 2. The summed E-state index contributed by atoms with van der Waals surface area (Å²) in [5.41, 5.74) is 6.20. The standard InChI is InChI=1S/C37H32ClN3O8/c1-48-28-15-19(16-29(49-2)31(28)42)11-14-26-23-12-13-24-30(34(45)41(32(24)43)36(39)47)25(23)18-27-33(44)40(22-10-6-9-21(38)17-22)35(46)37(26,27)20-7-4-3-5-8-20/h3-12,14-17,24-27,30,42H,13,18H2,1-2H3,(H2,39,47). The Morgan fingerprint density at radius 3 is 2.27 bits per heavy atom. The second kappa shape index (κ2) is 11.9. The maximum absolute atomic E-state index is 15.1. The van der Waals surface area contributed by atoms with E-state index in [1.807, 2.05) is 30.4 Å². The molecule has 1 saturated carbocycles. The SMILES string of the molecule is COc1cc(C=CC2C3=CCC4C(=O)N(C(N)=O)C(=O)C4C3CC3C(=O)N(c4cccc(Cl)c4)C(=O)C23c2ccccc2)cc(OC)c1O. The van der Waals surface area contributed by atoms with Crippen LogP contribution in [0.25, 0.3) is 6.08 Å². The molecule has 11 nitrogen and oxygen atoms in total. The molecular weight excluding hydrogens is 650 g/mol. The molecule has 2 heterocycles. The van der Waals surface area contributed by atoms with E-state index in [2.05, 4.69) is 0 Å². The number of phenols is 1. The summed E-state index contributed by atoms with van der Waals surface area (Å²) in [5.74, 6) is -6.34. The third-order valence-corrected chi connectivity index (χ3v) is 10.7. The minimum Gasteiger partial charge on any atom is -0.502 e. The zero-order valence-electron chi connectivity index (χ0n) is 26.5. The van der Waals surface area contributed by atoms with Crippen LogP contribution >= 0.6 is 11.6 Å². The molecule has 0 radical (unpaired) electrons. The molecule has 3 N–H and O–H groups in total. The molecule has 3 fully saturated rings. The van der Waals surface area contributed by atoms with Gasteiger partial charge in [-0.2, -0.15) is 4.90 Å². The van der Waals surface area contributed by atoms with Gasteiger partial charge in [0.2, 0.25) is 29.4 Å². The highest BCUT2D eigenvalue weighted by atomic mass is 35.5. The quantitative estimate of drug-likeness (QED) is 0.276. The Kier molecular flexibility index (Phi) is 7.82. The van der Waals surface area contributed by atoms with E-state index in [9.17, 15) is 24.3 Å². The van der Waals surface area contributed by atoms with Crippen molar-refractivity contribution < 1.29 is 38.6 Å². The number of anilines is 1. The van der Waals surface area contributed by atoms with Crippen molar-refractivity contribution in [3.8, 4) is 17.2 Å². The molecule has 0 aromatic heterocycles. The number of rotatable bonds is 6. The molecule has 49 heavy (non-hydrogen) atoms. The summed E-state index contributed by atoms with van der Waals surface area (Å²) in [6.07, 6.45) is 5.66. The number of ether oxygens (including phenoxy) is 2. The number of carbonyl (C=O) groups excluding carboxylic acids is 5. The predicted molar refractivity (Wildman–Crippen MR) is 179 cm³/mol. The van der Waals surface area contributed by atoms with Gasteiger partial charge in [0.25, 0.3) is 0 Å². The van der Waals surface area contributed by atoms with Crippen LogP contribution in [0.1, 0.15) is 24.0 Å². The molecule has 3 aromatic rings. The first-order valence-corrected chi connectivity index (χ1v) is 16.1. The summed E-state index contributed by atoms with van der Waals surface area (Å²) >= 11 is 6.34. The number of aromatic hydroxyl groups is 1. The molecule has 6 amide bonds. The van der Waals surface area contributed by atoms with Crippen LogP contribution in [0.15, 0.2) is 84.5 Å². The summed E-state index contributed by atoms with van der Waals surface area (Å²) in [7, 11) is 2.82. The van der Waals surface area contributed by atoms with Gasteiger partial charge in [0.05, 0.1) is 43.1 Å². The minimum atomic E-state index is -1.47. The third-order valence-electron chi connectivity index (χ3n) is 10.4. The van der Waals surface area contributed by atoms with Crippen LogP contribution in [0, 0.1) is 29.6 Å². The number of amides is 6. The average Bonchev–Trinajstić information content (AvgIpc) is 3.49. The van der Waals surface area contributed by atoms with Gasteiger partial charge in [0.15, 0.2) is 11.5 Å². The number of phenolic OH excluding ortho intramolecular Hbond substituents is 1. The number of carbonyl (C=O) groups is 5. The van der Waals surface area contributed by atoms with Crippen molar-refractivity contribution in [1.29, 1.82) is 0 Å². The van der Waals surface area contributed by atoms with Gasteiger partial charge in [-0.1, -0.05) is 71.8 Å². The molecule has 12 heteroatoms. The van der Waals surface area contributed by atoms with Crippen molar-refractivity contribution in [2.75, 3.05) is 19.1 Å². The fourth-order valence-electron chi connectivity index (χ4n) is 8.42. The number of halogens is 1. The Balaban J connectivity index is 1.46. The topological polar surface area (TPSA) is 157 Å². The number of primary amides is 1. The Bertz CT molecular complexity index is 1970. The van der Waals surface area contributed by atoms with Gasteiger partial charge in [-0.05, 0) is 60.2 Å². The van der Waals surface area contributed by atoms with E-state index < -0.39 is 64.7 Å². The van der Waals surface area contributed by atoms with E-state index >= 15 is 4.79 Å². The van der Waals surface area contributed by atoms with Gasteiger partial charge in [-0.25, -0.2) is 9.69 Å². The van der Waals surface area contributed by atoms with E-state index in [1.54, 1.807) is 54.6 Å². The van der Waals surface area contributed by atoms with Crippen LogP contribution < -0.4 is 20.1 Å². The number of nitrogens with two attached hydrogens (primary N) is 1. The molecule has 3 aromatic carbocycles. The molecule has 250 valence electrons. The molecule has 0 spiro atoms. The Labute approximate surface area is 286 Å². The largest absolute Gasteiger partial charge is 0.502 e. The Hall–Kier alpha value is -5.42. The van der Waals surface area contributed by atoms with Crippen LogP contribution in [0.2, 0.25) is 5.02 Å². The molecule has 4 aliphatic rings. The maximum atomic E-state index is 15.1. The lowest BCUT2D eigenvalue weighted by Crippen LogP contribution is -2.54.